The van der Waals surface area contributed by atoms with E-state index in [1.165, 1.54) is 5.56 Å². The molecule has 174 valence electrons. The lowest BCUT2D eigenvalue weighted by Gasteiger charge is -2.26. The van der Waals surface area contributed by atoms with E-state index in [-0.39, 0.29) is 19.2 Å². The smallest absolute Gasteiger partial charge is 0.339 e. The molecule has 4 aromatic rings. The molecule has 0 saturated heterocycles. The Morgan fingerprint density at radius 2 is 1.74 bits per heavy atom. The summed E-state index contributed by atoms with van der Waals surface area (Å²) in [6.45, 7) is -0.224. The summed E-state index contributed by atoms with van der Waals surface area (Å²) in [7, 11) is 0. The van der Waals surface area contributed by atoms with E-state index in [4.69, 9.17) is 19.2 Å². The summed E-state index contributed by atoms with van der Waals surface area (Å²) < 4.78 is 16.2. The SMILES string of the molecule is O=C(COC(=O)c1c2c(nc3ccccc13)CC[C@@H](c1ccccc1)C2)c1ccc2c(c1)OCO2. The monoisotopic (exact) mass is 465 g/mol. The average molecular weight is 466 g/mol. The first kappa shape index (κ1) is 21.4. The second kappa shape index (κ2) is 8.87. The summed E-state index contributed by atoms with van der Waals surface area (Å²) in [5, 5.41) is 0.750. The largest absolute Gasteiger partial charge is 0.454 e. The Morgan fingerprint density at radius 1 is 0.943 bits per heavy atom. The highest BCUT2D eigenvalue weighted by atomic mass is 16.7. The zero-order valence-electron chi connectivity index (χ0n) is 19.0. The molecule has 0 saturated carbocycles. The summed E-state index contributed by atoms with van der Waals surface area (Å²) in [6, 6.07) is 22.9. The number of aromatic nitrogens is 1. The molecule has 6 rings (SSSR count). The van der Waals surface area contributed by atoms with Crippen molar-refractivity contribution in [1.29, 1.82) is 0 Å². The quantitative estimate of drug-likeness (QED) is 0.295. The minimum Gasteiger partial charge on any atom is -0.454 e. The molecule has 1 atom stereocenters. The zero-order valence-corrected chi connectivity index (χ0v) is 19.0. The van der Waals surface area contributed by atoms with Crippen LogP contribution in [0.15, 0.2) is 72.8 Å². The number of pyridine rings is 1. The Labute approximate surface area is 202 Å². The Balaban J connectivity index is 1.30. The molecule has 2 aliphatic rings. The Bertz CT molecular complexity index is 1450. The first-order valence-corrected chi connectivity index (χ1v) is 11.7. The van der Waals surface area contributed by atoms with Crippen molar-refractivity contribution in [2.75, 3.05) is 13.4 Å². The molecule has 1 aromatic heterocycles. The van der Waals surface area contributed by atoms with Crippen LogP contribution >= 0.6 is 0 Å². The van der Waals surface area contributed by atoms with Crippen molar-refractivity contribution in [2.24, 2.45) is 0 Å². The molecule has 6 heteroatoms. The van der Waals surface area contributed by atoms with Gasteiger partial charge in [0.15, 0.2) is 23.9 Å². The number of hydrogen-bond donors (Lipinski definition) is 0. The van der Waals surface area contributed by atoms with Crippen LogP contribution in [-0.2, 0) is 17.6 Å². The molecule has 1 aliphatic carbocycles. The Morgan fingerprint density at radius 3 is 2.63 bits per heavy atom. The molecule has 3 aromatic carbocycles. The first-order valence-electron chi connectivity index (χ1n) is 11.7. The lowest BCUT2D eigenvalue weighted by Crippen LogP contribution is -2.21. The van der Waals surface area contributed by atoms with Crippen molar-refractivity contribution in [3.63, 3.8) is 0 Å². The molecule has 2 heterocycles. The average Bonchev–Trinajstić information content (AvgIpc) is 3.38. The number of aryl methyl sites for hydroxylation is 1. The van der Waals surface area contributed by atoms with Gasteiger partial charge in [-0.25, -0.2) is 4.79 Å². The number of Topliss-reactive ketones (excluding diaryl/α,β-unsaturated/α-hetero) is 1. The third-order valence-corrected chi connectivity index (χ3v) is 6.76. The van der Waals surface area contributed by atoms with Gasteiger partial charge in [-0.2, -0.15) is 0 Å². The van der Waals surface area contributed by atoms with E-state index in [1.807, 2.05) is 42.5 Å². The molecule has 0 amide bonds. The summed E-state index contributed by atoms with van der Waals surface area (Å²) in [4.78, 5) is 31.1. The number of ketones is 1. The van der Waals surface area contributed by atoms with E-state index in [0.29, 0.717) is 35.0 Å². The van der Waals surface area contributed by atoms with Crippen LogP contribution in [0.2, 0.25) is 0 Å². The fourth-order valence-electron chi connectivity index (χ4n) is 4.99. The van der Waals surface area contributed by atoms with E-state index in [1.54, 1.807) is 18.2 Å². The van der Waals surface area contributed by atoms with E-state index in [2.05, 4.69) is 12.1 Å². The number of benzene rings is 3. The summed E-state index contributed by atoms with van der Waals surface area (Å²) in [6.07, 6.45) is 2.47. The molecule has 0 unspecified atom stereocenters. The maximum atomic E-state index is 13.4. The standard InChI is InChI=1S/C29H23NO5/c31-25(20-11-13-26-27(15-20)35-17-34-26)16-33-29(32)28-21-8-4-5-9-23(21)30-24-12-10-19(14-22(24)28)18-6-2-1-3-7-18/h1-9,11,13,15,19H,10,12,14,16-17H2/t19-/m1/s1. The van der Waals surface area contributed by atoms with Gasteiger partial charge in [-0.1, -0.05) is 48.5 Å². The second-order valence-electron chi connectivity index (χ2n) is 8.85. The van der Waals surface area contributed by atoms with Crippen LogP contribution in [0.1, 0.15) is 49.9 Å². The number of ether oxygens (including phenoxy) is 3. The van der Waals surface area contributed by atoms with E-state index in [0.717, 1.165) is 35.0 Å². The highest BCUT2D eigenvalue weighted by Gasteiger charge is 2.29. The van der Waals surface area contributed by atoms with Crippen LogP contribution in [-0.4, -0.2) is 30.1 Å². The molecule has 0 N–H and O–H groups in total. The van der Waals surface area contributed by atoms with Crippen molar-refractivity contribution in [2.45, 2.75) is 25.2 Å². The molecule has 0 radical (unpaired) electrons. The van der Waals surface area contributed by atoms with Crippen molar-refractivity contribution in [3.05, 3.63) is 101 Å². The van der Waals surface area contributed by atoms with Crippen LogP contribution in [0.25, 0.3) is 10.9 Å². The number of nitrogens with zero attached hydrogens (tertiary/aromatic N) is 1. The van der Waals surface area contributed by atoms with E-state index in [9.17, 15) is 9.59 Å². The number of rotatable bonds is 5. The van der Waals surface area contributed by atoms with Crippen LogP contribution < -0.4 is 9.47 Å². The van der Waals surface area contributed by atoms with Crippen molar-refractivity contribution >= 4 is 22.7 Å². The van der Waals surface area contributed by atoms with Crippen LogP contribution in [0, 0.1) is 0 Å². The van der Waals surface area contributed by atoms with Gasteiger partial charge < -0.3 is 14.2 Å². The third kappa shape index (κ3) is 4.01. The molecule has 0 spiro atoms. The maximum Gasteiger partial charge on any atom is 0.339 e. The number of hydrogen-bond acceptors (Lipinski definition) is 6. The van der Waals surface area contributed by atoms with Gasteiger partial charge in [0.1, 0.15) is 0 Å². The van der Waals surface area contributed by atoms with Crippen LogP contribution in [0.4, 0.5) is 0 Å². The first-order chi connectivity index (χ1) is 17.2. The number of fused-ring (bicyclic) bond motifs is 3. The van der Waals surface area contributed by atoms with Crippen molar-refractivity contribution < 1.29 is 23.8 Å². The predicted molar refractivity (Wildman–Crippen MR) is 130 cm³/mol. The van der Waals surface area contributed by atoms with Crippen molar-refractivity contribution in [3.8, 4) is 11.5 Å². The molecule has 35 heavy (non-hydrogen) atoms. The highest BCUT2D eigenvalue weighted by Crippen LogP contribution is 2.37. The number of esters is 1. The molecule has 1 aliphatic heterocycles. The fraction of sp³-hybridized carbons (Fsp3) is 0.207. The Hall–Kier alpha value is -4.19. The van der Waals surface area contributed by atoms with Gasteiger partial charge in [0, 0.05) is 16.6 Å². The highest BCUT2D eigenvalue weighted by molar-refractivity contribution is 6.06. The third-order valence-electron chi connectivity index (χ3n) is 6.76. The van der Waals surface area contributed by atoms with Gasteiger partial charge in [0.2, 0.25) is 6.79 Å². The van der Waals surface area contributed by atoms with Gasteiger partial charge in [-0.3, -0.25) is 9.78 Å². The van der Waals surface area contributed by atoms with Gasteiger partial charge in [0.25, 0.3) is 0 Å². The van der Waals surface area contributed by atoms with Gasteiger partial charge in [-0.15, -0.1) is 0 Å². The van der Waals surface area contributed by atoms with Crippen LogP contribution in [0.3, 0.4) is 0 Å². The molecule has 0 fully saturated rings. The normalized spacial score (nSPS) is 16.1. The topological polar surface area (TPSA) is 74.7 Å². The predicted octanol–water partition coefficient (Wildman–Crippen LogP) is 5.28. The van der Waals surface area contributed by atoms with E-state index >= 15 is 0 Å². The van der Waals surface area contributed by atoms with E-state index < -0.39 is 5.97 Å². The maximum absolute atomic E-state index is 13.4. The number of carbonyl (C=O) groups excluding carboxylic acids is 2. The summed E-state index contributed by atoms with van der Waals surface area (Å²) >= 11 is 0. The van der Waals surface area contributed by atoms with Gasteiger partial charge in [-0.05, 0) is 60.6 Å². The molecule has 6 nitrogen and oxygen atoms in total. The second-order valence-corrected chi connectivity index (χ2v) is 8.85. The molecular weight excluding hydrogens is 442 g/mol. The summed E-state index contributed by atoms with van der Waals surface area (Å²) in [5.74, 6) is 0.617. The fourth-order valence-corrected chi connectivity index (χ4v) is 4.99. The number of carbonyl (C=O) groups is 2. The lowest BCUT2D eigenvalue weighted by molar-refractivity contribution is 0.0475. The number of para-hydroxylation sites is 1. The molecular formula is C29H23NO5. The Kier molecular flexibility index (Phi) is 5.41. The summed E-state index contributed by atoms with van der Waals surface area (Å²) in [5.41, 5.74) is 4.80. The lowest BCUT2D eigenvalue weighted by atomic mass is 9.80. The minimum absolute atomic E-state index is 0.131. The van der Waals surface area contributed by atoms with Crippen LogP contribution in [0.5, 0.6) is 11.5 Å². The van der Waals surface area contributed by atoms with Crippen molar-refractivity contribution in [1.82, 2.24) is 4.98 Å². The van der Waals surface area contributed by atoms with Gasteiger partial charge >= 0.3 is 5.97 Å². The zero-order chi connectivity index (χ0) is 23.8. The molecule has 0 bridgehead atoms. The van der Waals surface area contributed by atoms with Gasteiger partial charge in [0.05, 0.1) is 11.1 Å². The minimum atomic E-state index is -0.498.